The number of amides is 2. The fourth-order valence-corrected chi connectivity index (χ4v) is 10.1. The quantitative estimate of drug-likeness (QED) is 0.0462. The molecule has 4 rings (SSSR count). The molecule has 0 spiro atoms. The van der Waals surface area contributed by atoms with Crippen LogP contribution < -0.4 is 11.1 Å². The lowest BCUT2D eigenvalue weighted by Gasteiger charge is -2.39. The Morgan fingerprint density at radius 1 is 1.07 bits per heavy atom. The summed E-state index contributed by atoms with van der Waals surface area (Å²) >= 11 is 1.25. The molecule has 324 valence electrons. The average Bonchev–Trinajstić information content (AvgIpc) is 3.63. The van der Waals surface area contributed by atoms with E-state index in [0.717, 1.165) is 63.4 Å². The number of aliphatic carboxylic acids is 1. The fourth-order valence-electron chi connectivity index (χ4n) is 9.23. The number of aliphatic hydroxyl groups excluding tert-OH is 1. The smallest absolute Gasteiger partial charge is 0.309 e. The van der Waals surface area contributed by atoms with Crippen LogP contribution in [-0.4, -0.2) is 62.3 Å². The molecule has 2 unspecified atom stereocenters. The van der Waals surface area contributed by atoms with Gasteiger partial charge in [0, 0.05) is 42.4 Å². The lowest BCUT2D eigenvalue weighted by atomic mass is 9.78. The van der Waals surface area contributed by atoms with Gasteiger partial charge in [-0.2, -0.15) is 0 Å². The minimum atomic E-state index is -0.991. The number of carbonyl (C=O) groups is 4. The van der Waals surface area contributed by atoms with Gasteiger partial charge in [-0.3, -0.25) is 19.2 Å². The van der Waals surface area contributed by atoms with Crippen LogP contribution in [0.2, 0.25) is 0 Å². The van der Waals surface area contributed by atoms with Crippen LogP contribution in [0.25, 0.3) is 0 Å². The minimum Gasteiger partial charge on any atom is -0.481 e. The second-order valence-electron chi connectivity index (χ2n) is 19.1. The van der Waals surface area contributed by atoms with E-state index in [1.807, 2.05) is 36.1 Å². The number of rotatable bonds is 24. The van der Waals surface area contributed by atoms with Crippen molar-refractivity contribution in [2.24, 2.45) is 40.4 Å². The summed E-state index contributed by atoms with van der Waals surface area (Å²) in [7, 11) is 0. The topological polar surface area (TPSA) is 163 Å². The molecule has 1 aromatic carbocycles. The molecule has 0 aliphatic heterocycles. The fraction of sp³-hybridized carbons (Fsp3) is 0.723. The number of anilines is 1. The molecule has 0 bridgehead atoms. The van der Waals surface area contributed by atoms with E-state index >= 15 is 0 Å². The van der Waals surface area contributed by atoms with Gasteiger partial charge in [-0.15, -0.1) is 11.3 Å². The van der Waals surface area contributed by atoms with Crippen LogP contribution in [0.4, 0.5) is 5.69 Å². The summed E-state index contributed by atoms with van der Waals surface area (Å²) in [6, 6.07) is 6.58. The zero-order chi connectivity index (χ0) is 42.8. The summed E-state index contributed by atoms with van der Waals surface area (Å²) in [5.74, 6) is -0.845. The van der Waals surface area contributed by atoms with Crippen LogP contribution in [0.3, 0.4) is 0 Å². The molecule has 1 aromatic heterocycles. The Balaban J connectivity index is 1.49. The number of nitrogens with one attached hydrogen (secondary N) is 1. The SMILES string of the molecule is CCCCCCN(C(=O)[C@@H](NC(=O)[C@H]1CCCCC2(C)CC12)[C@@H](C)CC)[C@H](C[C@@H](O)c1nc(C(=O)CC[C@@H](Cc2ccc(N)cc2)CC(C)(C)C(=O)O)cs1)C(C)C. The van der Waals surface area contributed by atoms with Crippen LogP contribution in [0.5, 0.6) is 0 Å². The molecule has 2 fully saturated rings. The normalized spacial score (nSPS) is 21.9. The molecule has 0 radical (unpaired) electrons. The zero-order valence-electron chi connectivity index (χ0n) is 36.7. The van der Waals surface area contributed by atoms with Crippen molar-refractivity contribution < 1.29 is 29.4 Å². The summed E-state index contributed by atoms with van der Waals surface area (Å²) in [6.07, 6.45) is 11.0. The summed E-state index contributed by atoms with van der Waals surface area (Å²) < 4.78 is 0. The van der Waals surface area contributed by atoms with Gasteiger partial charge >= 0.3 is 5.97 Å². The van der Waals surface area contributed by atoms with E-state index in [-0.39, 0.29) is 65.6 Å². The number of ketones is 1. The van der Waals surface area contributed by atoms with Gasteiger partial charge in [0.15, 0.2) is 5.78 Å². The molecule has 2 amide bonds. The summed E-state index contributed by atoms with van der Waals surface area (Å²) in [5, 5.41) is 27.0. The molecule has 10 nitrogen and oxygen atoms in total. The Kier molecular flexibility index (Phi) is 17.4. The van der Waals surface area contributed by atoms with E-state index in [9.17, 15) is 29.4 Å². The highest BCUT2D eigenvalue weighted by Crippen LogP contribution is 2.62. The third-order valence-electron chi connectivity index (χ3n) is 13.5. The number of benzene rings is 1. The molecule has 2 saturated carbocycles. The average molecular weight is 823 g/mol. The number of nitrogen functional groups attached to an aromatic ring is 1. The van der Waals surface area contributed by atoms with Crippen molar-refractivity contribution in [2.75, 3.05) is 12.3 Å². The predicted octanol–water partition coefficient (Wildman–Crippen LogP) is 9.65. The van der Waals surface area contributed by atoms with Crippen molar-refractivity contribution in [1.82, 2.24) is 15.2 Å². The largest absolute Gasteiger partial charge is 0.481 e. The van der Waals surface area contributed by atoms with Gasteiger partial charge in [0.1, 0.15) is 22.8 Å². The Hall–Kier alpha value is -3.31. The number of aliphatic hydroxyl groups is 1. The first-order valence-electron chi connectivity index (χ1n) is 22.3. The number of unbranched alkanes of at least 4 members (excludes halogenated alkanes) is 3. The number of nitrogens with zero attached hydrogens (tertiary/aromatic N) is 2. The highest BCUT2D eigenvalue weighted by atomic mass is 32.1. The monoisotopic (exact) mass is 823 g/mol. The lowest BCUT2D eigenvalue weighted by molar-refractivity contribution is -0.148. The molecule has 8 atom stereocenters. The Bertz CT molecular complexity index is 1660. The molecule has 2 aliphatic carbocycles. The van der Waals surface area contributed by atoms with Crippen LogP contribution in [0.15, 0.2) is 29.6 Å². The van der Waals surface area contributed by atoms with E-state index < -0.39 is 23.5 Å². The van der Waals surface area contributed by atoms with Crippen molar-refractivity contribution in [3.8, 4) is 0 Å². The molecule has 2 aromatic rings. The molecule has 11 heteroatoms. The van der Waals surface area contributed by atoms with E-state index in [1.165, 1.54) is 17.8 Å². The van der Waals surface area contributed by atoms with Gasteiger partial charge in [-0.25, -0.2) is 4.98 Å². The van der Waals surface area contributed by atoms with Crippen LogP contribution in [0.1, 0.15) is 172 Å². The van der Waals surface area contributed by atoms with Crippen molar-refractivity contribution in [1.29, 1.82) is 0 Å². The summed E-state index contributed by atoms with van der Waals surface area (Å²) in [5.41, 5.74) is 7.16. The minimum absolute atomic E-state index is 0.0150. The highest BCUT2D eigenvalue weighted by Gasteiger charge is 2.56. The standard InChI is InChI=1S/C47H74N4O6S/c1-9-11-12-15-24-51(44(55)41(31(5)10-2)50-42(54)35-16-13-14-23-47(8)28-36(35)47)38(30(3)4)26-40(53)43-49-37(29-58-43)39(52)22-19-33(27-46(6,7)45(56)57)25-32-17-20-34(48)21-18-32/h17-18,20-21,29-31,33,35-36,38,40-41,53H,9-16,19,22-28,48H2,1-8H3,(H,50,54)(H,56,57)/t31-,33-,35-,36?,38+,40+,41-,47?/m0/s1. The first-order valence-corrected chi connectivity index (χ1v) is 23.1. The molecule has 1 heterocycles. The van der Waals surface area contributed by atoms with Gasteiger partial charge in [-0.05, 0) is 106 Å². The molecular weight excluding hydrogens is 749 g/mol. The van der Waals surface area contributed by atoms with Gasteiger partial charge in [-0.1, -0.05) is 92.2 Å². The lowest BCUT2D eigenvalue weighted by Crippen LogP contribution is -2.56. The second kappa shape index (κ2) is 21.3. The number of thiazole rings is 1. The molecule has 2 aliphatic rings. The van der Waals surface area contributed by atoms with Gasteiger partial charge in [0.25, 0.3) is 0 Å². The van der Waals surface area contributed by atoms with Gasteiger partial charge in [0.05, 0.1) is 5.41 Å². The van der Waals surface area contributed by atoms with Crippen LogP contribution in [-0.2, 0) is 20.8 Å². The Morgan fingerprint density at radius 2 is 1.78 bits per heavy atom. The number of carboxylic acids is 1. The second-order valence-corrected chi connectivity index (χ2v) is 20.0. The third-order valence-corrected chi connectivity index (χ3v) is 14.4. The van der Waals surface area contributed by atoms with E-state index in [1.54, 1.807) is 19.2 Å². The molecule has 0 saturated heterocycles. The zero-order valence-corrected chi connectivity index (χ0v) is 37.5. The van der Waals surface area contributed by atoms with Crippen molar-refractivity contribution in [3.05, 3.63) is 45.9 Å². The number of fused-ring (bicyclic) bond motifs is 1. The molecule has 5 N–H and O–H groups in total. The first-order chi connectivity index (χ1) is 27.4. The number of aromatic nitrogens is 1. The Morgan fingerprint density at radius 3 is 2.41 bits per heavy atom. The Labute approximate surface area is 352 Å². The van der Waals surface area contributed by atoms with Crippen molar-refractivity contribution >= 4 is 40.6 Å². The molecule has 58 heavy (non-hydrogen) atoms. The number of carbonyl (C=O) groups excluding carboxylic acids is 3. The predicted molar refractivity (Wildman–Crippen MR) is 233 cm³/mol. The van der Waals surface area contributed by atoms with E-state index in [0.29, 0.717) is 48.1 Å². The summed E-state index contributed by atoms with van der Waals surface area (Å²) in [6.45, 7) is 16.7. The maximum Gasteiger partial charge on any atom is 0.309 e. The van der Waals surface area contributed by atoms with E-state index in [4.69, 9.17) is 5.73 Å². The number of carboxylic acid groups (broad SMARTS) is 1. The maximum atomic E-state index is 14.8. The van der Waals surface area contributed by atoms with Crippen molar-refractivity contribution in [2.45, 2.75) is 170 Å². The number of Topliss-reactive ketones (excluding diaryl/α,β-unsaturated/α-hetero) is 1. The number of nitrogens with two attached hydrogens (primary N) is 1. The highest BCUT2D eigenvalue weighted by molar-refractivity contribution is 7.09. The van der Waals surface area contributed by atoms with Gasteiger partial charge < -0.3 is 26.2 Å². The van der Waals surface area contributed by atoms with Crippen LogP contribution >= 0.6 is 11.3 Å². The number of hydrogen-bond donors (Lipinski definition) is 4. The first kappa shape index (κ1) is 47.4. The van der Waals surface area contributed by atoms with Crippen LogP contribution in [0, 0.1) is 40.4 Å². The summed E-state index contributed by atoms with van der Waals surface area (Å²) in [4.78, 5) is 60.9. The van der Waals surface area contributed by atoms with E-state index in [2.05, 4.69) is 44.9 Å². The van der Waals surface area contributed by atoms with Gasteiger partial charge in [0.2, 0.25) is 11.8 Å². The van der Waals surface area contributed by atoms with Crippen molar-refractivity contribution in [3.63, 3.8) is 0 Å². The molecular formula is C47H74N4O6S. The maximum absolute atomic E-state index is 14.8. The number of hydrogen-bond acceptors (Lipinski definition) is 8. The third kappa shape index (κ3) is 12.8.